The van der Waals surface area contributed by atoms with Crippen molar-refractivity contribution >= 4 is 27.7 Å². The molecule has 3 heterocycles. The average molecular weight is 477 g/mol. The van der Waals surface area contributed by atoms with Crippen LogP contribution < -0.4 is 0 Å². The van der Waals surface area contributed by atoms with Crippen molar-refractivity contribution in [2.45, 2.75) is 15.2 Å². The molecule has 8 nitrogen and oxygen atoms in total. The number of benzene rings is 1. The van der Waals surface area contributed by atoms with Crippen LogP contribution in [0.4, 0.5) is 0 Å². The Morgan fingerprint density at radius 2 is 1.69 bits per heavy atom. The van der Waals surface area contributed by atoms with Crippen LogP contribution in [0, 0.1) is 0 Å². The van der Waals surface area contributed by atoms with E-state index in [1.54, 1.807) is 12.1 Å². The van der Waals surface area contributed by atoms with Crippen LogP contribution in [0.15, 0.2) is 58.6 Å². The number of amides is 1. The molecule has 1 amide bonds. The number of likely N-dealkylation sites (N-methyl/N-ethyl adjacent to an activating group) is 1. The van der Waals surface area contributed by atoms with Crippen molar-refractivity contribution in [3.05, 3.63) is 54.2 Å². The molecule has 1 atom stereocenters. The van der Waals surface area contributed by atoms with E-state index in [1.165, 1.54) is 22.3 Å². The number of sulfonamides is 1. The SMILES string of the molecule is CN1CCN(S(=O)(=O)c2ccc(SC(C(=O)N3CCOCC3)c3ccccc3)nc2)CC1. The Morgan fingerprint density at radius 1 is 1.00 bits per heavy atom. The maximum absolute atomic E-state index is 13.3. The number of hydrogen-bond acceptors (Lipinski definition) is 7. The number of nitrogens with zero attached hydrogens (tertiary/aromatic N) is 4. The lowest BCUT2D eigenvalue weighted by molar-refractivity contribution is -0.134. The van der Waals surface area contributed by atoms with Gasteiger partial charge in [-0.3, -0.25) is 4.79 Å². The fourth-order valence-electron chi connectivity index (χ4n) is 3.73. The first-order valence-electron chi connectivity index (χ1n) is 10.7. The van der Waals surface area contributed by atoms with Crippen molar-refractivity contribution in [1.29, 1.82) is 0 Å². The van der Waals surface area contributed by atoms with Gasteiger partial charge in [-0.2, -0.15) is 4.31 Å². The summed E-state index contributed by atoms with van der Waals surface area (Å²) >= 11 is 1.34. The summed E-state index contributed by atoms with van der Waals surface area (Å²) in [5.74, 6) is 0.0143. The molecule has 2 aliphatic rings. The van der Waals surface area contributed by atoms with Gasteiger partial charge in [0.15, 0.2) is 0 Å². The van der Waals surface area contributed by atoms with E-state index in [0.717, 1.165) is 5.56 Å². The molecule has 0 spiro atoms. The smallest absolute Gasteiger partial charge is 0.244 e. The van der Waals surface area contributed by atoms with Crippen LogP contribution in [0.2, 0.25) is 0 Å². The lowest BCUT2D eigenvalue weighted by Crippen LogP contribution is -2.47. The molecule has 0 aliphatic carbocycles. The molecule has 1 unspecified atom stereocenters. The highest BCUT2D eigenvalue weighted by Crippen LogP contribution is 2.36. The van der Waals surface area contributed by atoms with Crippen molar-refractivity contribution in [1.82, 2.24) is 19.1 Å². The first kappa shape index (κ1) is 23.2. The van der Waals surface area contributed by atoms with Gasteiger partial charge in [0, 0.05) is 45.5 Å². The van der Waals surface area contributed by atoms with E-state index in [0.29, 0.717) is 57.5 Å². The fraction of sp³-hybridized carbons (Fsp3) is 0.455. The topological polar surface area (TPSA) is 83.1 Å². The number of ether oxygens (including phenoxy) is 1. The molecule has 172 valence electrons. The molecule has 1 aromatic heterocycles. The van der Waals surface area contributed by atoms with E-state index in [4.69, 9.17) is 4.74 Å². The van der Waals surface area contributed by atoms with Gasteiger partial charge in [-0.15, -0.1) is 0 Å². The number of aromatic nitrogens is 1. The van der Waals surface area contributed by atoms with Crippen LogP contribution in [-0.2, 0) is 19.6 Å². The number of carbonyl (C=O) groups excluding carboxylic acids is 1. The average Bonchev–Trinajstić information content (AvgIpc) is 2.84. The number of morpholine rings is 1. The number of pyridine rings is 1. The first-order valence-corrected chi connectivity index (χ1v) is 13.0. The highest BCUT2D eigenvalue weighted by molar-refractivity contribution is 8.00. The van der Waals surface area contributed by atoms with Crippen LogP contribution in [0.3, 0.4) is 0 Å². The zero-order valence-electron chi connectivity index (χ0n) is 18.1. The molecule has 32 heavy (non-hydrogen) atoms. The summed E-state index contributed by atoms with van der Waals surface area (Å²) in [5, 5.41) is 0.152. The Labute approximate surface area is 193 Å². The van der Waals surface area contributed by atoms with Gasteiger partial charge >= 0.3 is 0 Å². The monoisotopic (exact) mass is 476 g/mol. The van der Waals surface area contributed by atoms with Gasteiger partial charge in [-0.25, -0.2) is 13.4 Å². The number of rotatable bonds is 6. The summed E-state index contributed by atoms with van der Waals surface area (Å²) in [6.45, 7) is 4.58. The van der Waals surface area contributed by atoms with Crippen LogP contribution in [0.25, 0.3) is 0 Å². The number of piperazine rings is 1. The third kappa shape index (κ3) is 5.32. The zero-order valence-corrected chi connectivity index (χ0v) is 19.7. The summed E-state index contributed by atoms with van der Waals surface area (Å²) in [7, 11) is -1.59. The van der Waals surface area contributed by atoms with Crippen LogP contribution in [-0.4, -0.2) is 92.9 Å². The maximum Gasteiger partial charge on any atom is 0.244 e. The van der Waals surface area contributed by atoms with Crippen molar-refractivity contribution < 1.29 is 17.9 Å². The van der Waals surface area contributed by atoms with Crippen molar-refractivity contribution in [2.24, 2.45) is 0 Å². The highest BCUT2D eigenvalue weighted by atomic mass is 32.2. The predicted octanol–water partition coefficient (Wildman–Crippen LogP) is 1.71. The molecule has 2 fully saturated rings. The van der Waals surface area contributed by atoms with Gasteiger partial charge in [0.2, 0.25) is 15.9 Å². The van der Waals surface area contributed by atoms with Crippen LogP contribution in [0.5, 0.6) is 0 Å². The first-order chi connectivity index (χ1) is 15.4. The predicted molar refractivity (Wildman–Crippen MR) is 123 cm³/mol. The zero-order chi connectivity index (χ0) is 22.6. The molecule has 0 bridgehead atoms. The molecular formula is C22H28N4O4S2. The second kappa shape index (κ2) is 10.3. The van der Waals surface area contributed by atoms with Gasteiger partial charge in [0.1, 0.15) is 10.1 Å². The largest absolute Gasteiger partial charge is 0.378 e. The number of hydrogen-bond donors (Lipinski definition) is 0. The van der Waals surface area contributed by atoms with Gasteiger partial charge in [0.25, 0.3) is 0 Å². The van der Waals surface area contributed by atoms with Gasteiger partial charge in [0.05, 0.1) is 18.2 Å². The molecular weight excluding hydrogens is 448 g/mol. The highest BCUT2D eigenvalue weighted by Gasteiger charge is 2.30. The Balaban J connectivity index is 1.52. The van der Waals surface area contributed by atoms with E-state index in [-0.39, 0.29) is 10.8 Å². The van der Waals surface area contributed by atoms with E-state index >= 15 is 0 Å². The summed E-state index contributed by atoms with van der Waals surface area (Å²) in [4.78, 5) is 21.8. The maximum atomic E-state index is 13.3. The minimum atomic E-state index is -3.57. The van der Waals surface area contributed by atoms with E-state index in [1.807, 2.05) is 42.3 Å². The van der Waals surface area contributed by atoms with Gasteiger partial charge < -0.3 is 14.5 Å². The third-order valence-electron chi connectivity index (χ3n) is 5.70. The molecule has 2 aromatic rings. The van der Waals surface area contributed by atoms with E-state index in [9.17, 15) is 13.2 Å². The fourth-order valence-corrected chi connectivity index (χ4v) is 6.14. The second-order valence-corrected chi connectivity index (χ2v) is 10.9. The van der Waals surface area contributed by atoms with Gasteiger partial charge in [-0.1, -0.05) is 42.1 Å². The normalized spacial score (nSPS) is 19.6. The summed E-state index contributed by atoms with van der Waals surface area (Å²) < 4.78 is 32.8. The Kier molecular flexibility index (Phi) is 7.47. The van der Waals surface area contributed by atoms with Crippen molar-refractivity contribution in [2.75, 3.05) is 59.5 Å². The second-order valence-electron chi connectivity index (χ2n) is 7.89. The third-order valence-corrected chi connectivity index (χ3v) is 8.77. The standard InChI is InChI=1S/C22H28N4O4S2/c1-24-9-11-26(12-10-24)32(28,29)19-7-8-20(23-17-19)31-21(18-5-3-2-4-6-18)22(27)25-13-15-30-16-14-25/h2-8,17,21H,9-16H2,1H3. The van der Waals surface area contributed by atoms with Crippen LogP contribution in [0.1, 0.15) is 10.8 Å². The molecule has 10 heteroatoms. The van der Waals surface area contributed by atoms with Crippen molar-refractivity contribution in [3.8, 4) is 0 Å². The molecule has 0 radical (unpaired) electrons. The Bertz CT molecular complexity index is 1000. The lowest BCUT2D eigenvalue weighted by atomic mass is 10.1. The Morgan fingerprint density at radius 3 is 2.31 bits per heavy atom. The molecule has 2 saturated heterocycles. The molecule has 0 saturated carbocycles. The van der Waals surface area contributed by atoms with Crippen molar-refractivity contribution in [3.63, 3.8) is 0 Å². The summed E-state index contributed by atoms with van der Waals surface area (Å²) in [6, 6.07) is 12.9. The lowest BCUT2D eigenvalue weighted by Gasteiger charge is -2.31. The van der Waals surface area contributed by atoms with Crippen LogP contribution >= 0.6 is 11.8 Å². The summed E-state index contributed by atoms with van der Waals surface area (Å²) in [5.41, 5.74) is 0.893. The minimum Gasteiger partial charge on any atom is -0.378 e. The van der Waals surface area contributed by atoms with E-state index < -0.39 is 15.3 Å². The molecule has 2 aliphatic heterocycles. The minimum absolute atomic E-state index is 0.0143. The Hall–Kier alpha value is -1.98. The number of carbonyl (C=O) groups is 1. The summed E-state index contributed by atoms with van der Waals surface area (Å²) in [6.07, 6.45) is 1.40. The molecule has 0 N–H and O–H groups in total. The molecule has 1 aromatic carbocycles. The van der Waals surface area contributed by atoms with Gasteiger partial charge in [-0.05, 0) is 24.7 Å². The quantitative estimate of drug-likeness (QED) is 0.587. The van der Waals surface area contributed by atoms with E-state index in [2.05, 4.69) is 9.88 Å². The number of thioether (sulfide) groups is 1. The molecule has 4 rings (SSSR count).